The van der Waals surface area contributed by atoms with E-state index in [2.05, 4.69) is 18.1 Å². The molecule has 2 aromatic heterocycles. The van der Waals surface area contributed by atoms with Crippen LogP contribution >= 0.6 is 0 Å². The Bertz CT molecular complexity index is 683. The minimum Gasteiger partial charge on any atom is -1.00 e. The van der Waals surface area contributed by atoms with Gasteiger partial charge in [0.1, 0.15) is 11.7 Å². The third-order valence-corrected chi connectivity index (χ3v) is 4.36. The number of pyridine rings is 1. The van der Waals surface area contributed by atoms with Gasteiger partial charge < -0.3 is 22.0 Å². The van der Waals surface area contributed by atoms with Crippen molar-refractivity contribution in [3.05, 3.63) is 35.3 Å². The first-order chi connectivity index (χ1) is 10.1. The van der Waals surface area contributed by atoms with Crippen LogP contribution in [-0.4, -0.2) is 35.6 Å². The predicted octanol–water partition coefficient (Wildman–Crippen LogP) is -1.83. The monoisotopic (exact) mass is 323 g/mol. The van der Waals surface area contributed by atoms with Gasteiger partial charge >= 0.3 is 5.97 Å². The molecule has 22 heavy (non-hydrogen) atoms. The number of quaternary nitrogens is 1. The van der Waals surface area contributed by atoms with E-state index in [0.717, 1.165) is 11.3 Å². The van der Waals surface area contributed by atoms with Crippen LogP contribution in [0.2, 0.25) is 0 Å². The summed E-state index contributed by atoms with van der Waals surface area (Å²) in [5.74, 6) is -0.299. The smallest absolute Gasteiger partial charge is 0.357 e. The van der Waals surface area contributed by atoms with Gasteiger partial charge in [0, 0.05) is 19.0 Å². The molecule has 3 rings (SSSR count). The van der Waals surface area contributed by atoms with E-state index in [0.29, 0.717) is 18.3 Å². The second kappa shape index (κ2) is 6.67. The Morgan fingerprint density at radius 1 is 1.55 bits per heavy atom. The zero-order valence-corrected chi connectivity index (χ0v) is 14.0. The average Bonchev–Trinajstić information content (AvgIpc) is 3.01. The van der Waals surface area contributed by atoms with Gasteiger partial charge in [0.15, 0.2) is 5.69 Å². The number of hydrogen-bond donors (Lipinski definition) is 1. The Kier molecular flexibility index (Phi) is 5.08. The van der Waals surface area contributed by atoms with Crippen molar-refractivity contribution in [2.45, 2.75) is 32.7 Å². The summed E-state index contributed by atoms with van der Waals surface area (Å²) in [5.41, 5.74) is 3.40. The lowest BCUT2D eigenvalue weighted by Gasteiger charge is -2.17. The van der Waals surface area contributed by atoms with Crippen molar-refractivity contribution in [2.24, 2.45) is 0 Å². The number of imidazole rings is 1. The molecule has 6 heteroatoms. The number of rotatable bonds is 3. The quantitative estimate of drug-likeness (QED) is 0.676. The Morgan fingerprint density at radius 3 is 2.95 bits per heavy atom. The van der Waals surface area contributed by atoms with Gasteiger partial charge in [-0.05, 0) is 26.0 Å². The topological polar surface area (TPSA) is 48.0 Å². The molecule has 3 heterocycles. The highest BCUT2D eigenvalue weighted by atomic mass is 35.5. The maximum atomic E-state index is 12.1. The summed E-state index contributed by atoms with van der Waals surface area (Å²) in [7, 11) is 2.23. The van der Waals surface area contributed by atoms with Gasteiger partial charge in [-0.25, -0.2) is 9.78 Å². The fourth-order valence-corrected chi connectivity index (χ4v) is 3.35. The van der Waals surface area contributed by atoms with E-state index in [4.69, 9.17) is 4.74 Å². The van der Waals surface area contributed by atoms with Crippen molar-refractivity contribution in [1.82, 2.24) is 9.38 Å². The van der Waals surface area contributed by atoms with Crippen LogP contribution in [0.4, 0.5) is 0 Å². The average molecular weight is 324 g/mol. The van der Waals surface area contributed by atoms with Crippen molar-refractivity contribution in [2.75, 3.05) is 20.2 Å². The zero-order chi connectivity index (χ0) is 15.0. The van der Waals surface area contributed by atoms with Crippen molar-refractivity contribution in [3.8, 4) is 0 Å². The summed E-state index contributed by atoms with van der Waals surface area (Å²) < 4.78 is 7.04. The molecule has 1 aliphatic rings. The lowest BCUT2D eigenvalue weighted by molar-refractivity contribution is -0.898. The number of nitrogens with zero attached hydrogens (tertiary/aromatic N) is 2. The normalized spacial score (nSPS) is 20.9. The van der Waals surface area contributed by atoms with E-state index >= 15 is 0 Å². The third kappa shape index (κ3) is 2.71. The summed E-state index contributed by atoms with van der Waals surface area (Å²) in [5, 5.41) is 0. The van der Waals surface area contributed by atoms with Gasteiger partial charge in [-0.3, -0.25) is 4.40 Å². The van der Waals surface area contributed by atoms with Gasteiger partial charge in [0.2, 0.25) is 0 Å². The second-order valence-corrected chi connectivity index (χ2v) is 5.71. The molecule has 0 saturated carbocycles. The maximum Gasteiger partial charge on any atom is 0.357 e. The number of ether oxygens (including phenoxy) is 1. The molecule has 0 aliphatic carbocycles. The van der Waals surface area contributed by atoms with E-state index in [1.807, 2.05) is 30.5 Å². The molecule has 0 radical (unpaired) electrons. The number of esters is 1. The van der Waals surface area contributed by atoms with Crippen molar-refractivity contribution >= 4 is 11.6 Å². The van der Waals surface area contributed by atoms with E-state index in [9.17, 15) is 4.79 Å². The molecular weight excluding hydrogens is 302 g/mol. The number of carbonyl (C=O) groups is 1. The molecule has 1 unspecified atom stereocenters. The number of carbonyl (C=O) groups excluding carboxylic acids is 1. The molecule has 1 fully saturated rings. The van der Waals surface area contributed by atoms with Gasteiger partial charge in [-0.1, -0.05) is 0 Å². The summed E-state index contributed by atoms with van der Waals surface area (Å²) in [4.78, 5) is 18.3. The SMILES string of the molecule is CCOC(=O)c1c(C)nc2c([C@@H]3CCC[NH+]3C)cccn12.[Cl-]. The Hall–Kier alpha value is -1.59. The molecule has 2 aromatic rings. The number of hydrogen-bond acceptors (Lipinski definition) is 3. The van der Waals surface area contributed by atoms with Crippen LogP contribution in [0.3, 0.4) is 0 Å². The van der Waals surface area contributed by atoms with Crippen molar-refractivity contribution < 1.29 is 26.8 Å². The van der Waals surface area contributed by atoms with Crippen molar-refractivity contribution in [1.29, 1.82) is 0 Å². The molecule has 0 bridgehead atoms. The Morgan fingerprint density at radius 2 is 2.32 bits per heavy atom. The molecule has 0 spiro atoms. The number of aryl methyl sites for hydroxylation is 1. The lowest BCUT2D eigenvalue weighted by atomic mass is 10.1. The number of halogens is 1. The maximum absolute atomic E-state index is 12.1. The zero-order valence-electron chi connectivity index (χ0n) is 13.2. The summed E-state index contributed by atoms with van der Waals surface area (Å²) >= 11 is 0. The number of nitrogens with one attached hydrogen (secondary N) is 1. The first kappa shape index (κ1) is 16.8. The van der Waals surface area contributed by atoms with Gasteiger partial charge in [0.05, 0.1) is 31.5 Å². The van der Waals surface area contributed by atoms with Crippen LogP contribution in [0.1, 0.15) is 47.6 Å². The van der Waals surface area contributed by atoms with Crippen LogP contribution < -0.4 is 17.3 Å². The van der Waals surface area contributed by atoms with Crippen molar-refractivity contribution in [3.63, 3.8) is 0 Å². The number of fused-ring (bicyclic) bond motifs is 1. The molecule has 120 valence electrons. The Labute approximate surface area is 136 Å². The molecule has 1 saturated heterocycles. The van der Waals surface area contributed by atoms with Crippen LogP contribution in [0.15, 0.2) is 18.3 Å². The molecule has 1 N–H and O–H groups in total. The van der Waals surface area contributed by atoms with E-state index < -0.39 is 0 Å². The molecule has 1 aliphatic heterocycles. The van der Waals surface area contributed by atoms with Gasteiger partial charge in [0.25, 0.3) is 0 Å². The molecule has 2 atom stereocenters. The summed E-state index contributed by atoms with van der Waals surface area (Å²) in [6.45, 7) is 5.25. The predicted molar refractivity (Wildman–Crippen MR) is 79.6 cm³/mol. The minimum absolute atomic E-state index is 0. The van der Waals surface area contributed by atoms with E-state index in [-0.39, 0.29) is 18.4 Å². The van der Waals surface area contributed by atoms with Crippen LogP contribution in [0.5, 0.6) is 0 Å². The fourth-order valence-electron chi connectivity index (χ4n) is 3.35. The minimum atomic E-state index is -0.299. The largest absolute Gasteiger partial charge is 1.00 e. The highest BCUT2D eigenvalue weighted by Gasteiger charge is 2.30. The first-order valence-electron chi connectivity index (χ1n) is 7.60. The summed E-state index contributed by atoms with van der Waals surface area (Å²) in [6.07, 6.45) is 4.31. The van der Waals surface area contributed by atoms with Crippen LogP contribution in [0, 0.1) is 6.92 Å². The molecule has 0 aromatic carbocycles. The fraction of sp³-hybridized carbons (Fsp3) is 0.500. The van der Waals surface area contributed by atoms with Crippen LogP contribution in [0.25, 0.3) is 5.65 Å². The summed E-state index contributed by atoms with van der Waals surface area (Å²) in [6, 6.07) is 4.60. The molecular formula is C16H22ClN3O2. The number of aromatic nitrogens is 2. The highest BCUT2D eigenvalue weighted by Crippen LogP contribution is 2.25. The number of likely N-dealkylation sites (tertiary alicyclic amines) is 1. The standard InChI is InChI=1S/C16H21N3O2.ClH/c1-4-21-16(20)14-11(2)17-15-12(7-5-10-19(14)15)13-8-6-9-18(13)3;/h5,7,10,13H,4,6,8-9H2,1-3H3;1H/t13-;/m0./s1. The first-order valence-corrected chi connectivity index (χ1v) is 7.60. The van der Waals surface area contributed by atoms with Crippen LogP contribution in [-0.2, 0) is 4.74 Å². The Balaban J connectivity index is 0.00000176. The van der Waals surface area contributed by atoms with Gasteiger partial charge in [-0.2, -0.15) is 0 Å². The van der Waals surface area contributed by atoms with E-state index in [1.54, 1.807) is 0 Å². The lowest BCUT2D eigenvalue weighted by Crippen LogP contribution is -3.07. The highest BCUT2D eigenvalue weighted by molar-refractivity contribution is 5.90. The van der Waals surface area contributed by atoms with E-state index in [1.165, 1.54) is 29.8 Å². The second-order valence-electron chi connectivity index (χ2n) is 5.71. The third-order valence-electron chi connectivity index (χ3n) is 4.36. The molecule has 5 nitrogen and oxygen atoms in total. The molecule has 0 amide bonds. The van der Waals surface area contributed by atoms with Gasteiger partial charge in [-0.15, -0.1) is 0 Å².